The van der Waals surface area contributed by atoms with Gasteiger partial charge in [0.25, 0.3) is 0 Å². The Morgan fingerprint density at radius 1 is 1.00 bits per heavy atom. The van der Waals surface area contributed by atoms with Crippen LogP contribution < -0.4 is 0 Å². The van der Waals surface area contributed by atoms with Gasteiger partial charge in [-0.15, -0.1) is 0 Å². The van der Waals surface area contributed by atoms with Crippen LogP contribution in [0.15, 0.2) is 24.3 Å². The van der Waals surface area contributed by atoms with Crippen LogP contribution in [0, 0.1) is 6.92 Å². The van der Waals surface area contributed by atoms with Gasteiger partial charge in [0.1, 0.15) is 0 Å². The van der Waals surface area contributed by atoms with Gasteiger partial charge in [-0.25, -0.2) is 0 Å². The van der Waals surface area contributed by atoms with Crippen LogP contribution in [0.2, 0.25) is 25.7 Å². The fourth-order valence-electron chi connectivity index (χ4n) is 2.37. The van der Waals surface area contributed by atoms with Gasteiger partial charge >= 0.3 is 0 Å². The quantitative estimate of drug-likeness (QED) is 0.791. The topological polar surface area (TPSA) is 40.5 Å². The molecule has 0 atom stereocenters. The molecule has 17 heavy (non-hydrogen) atoms. The van der Waals surface area contributed by atoms with Gasteiger partial charge in [0, 0.05) is 13.5 Å². The van der Waals surface area contributed by atoms with Crippen molar-refractivity contribution in [3.8, 4) is 0 Å². The van der Waals surface area contributed by atoms with Crippen LogP contribution >= 0.6 is 0 Å². The highest BCUT2D eigenvalue weighted by Crippen LogP contribution is 2.33. The summed E-state index contributed by atoms with van der Waals surface area (Å²) in [7, 11) is -1.35. The molecule has 2 N–H and O–H groups in total. The molecule has 0 aromatic heterocycles. The highest BCUT2D eigenvalue weighted by atomic mass is 28.3. The number of benzene rings is 1. The lowest BCUT2D eigenvalue weighted by molar-refractivity contribution is 0.128. The van der Waals surface area contributed by atoms with Crippen molar-refractivity contribution in [1.82, 2.24) is 0 Å². The van der Waals surface area contributed by atoms with Gasteiger partial charge in [-0.05, 0) is 18.5 Å². The molecule has 0 bridgehead atoms. The molecule has 0 saturated heterocycles. The van der Waals surface area contributed by atoms with E-state index in [0.29, 0.717) is 0 Å². The van der Waals surface area contributed by atoms with Gasteiger partial charge in [-0.1, -0.05) is 49.5 Å². The standard InChI is InChI=1S/C14H24O2Si/c1-12-5-7-13(8-6-12)14(9-15,10-16)11-17(2,3)4/h5-8,15-16H,9-11H2,1-4H3. The van der Waals surface area contributed by atoms with E-state index in [1.54, 1.807) is 0 Å². The molecule has 96 valence electrons. The molecule has 2 nitrogen and oxygen atoms in total. The third-order valence-corrected chi connectivity index (χ3v) is 4.88. The lowest BCUT2D eigenvalue weighted by Crippen LogP contribution is -2.41. The zero-order valence-corrected chi connectivity index (χ0v) is 12.3. The first-order valence-corrected chi connectivity index (χ1v) is 9.83. The highest BCUT2D eigenvalue weighted by molar-refractivity contribution is 6.76. The molecular weight excluding hydrogens is 228 g/mol. The van der Waals surface area contributed by atoms with Crippen molar-refractivity contribution >= 4 is 8.07 Å². The Bertz CT molecular complexity index is 347. The summed E-state index contributed by atoms with van der Waals surface area (Å²) in [6.07, 6.45) is 0. The molecule has 3 heteroatoms. The summed E-state index contributed by atoms with van der Waals surface area (Å²) in [5, 5.41) is 19.4. The van der Waals surface area contributed by atoms with Crippen molar-refractivity contribution in [2.24, 2.45) is 0 Å². The van der Waals surface area contributed by atoms with E-state index in [1.165, 1.54) is 5.56 Å². The minimum atomic E-state index is -1.35. The third kappa shape index (κ3) is 3.66. The Balaban J connectivity index is 3.10. The fraction of sp³-hybridized carbons (Fsp3) is 0.571. The predicted molar refractivity (Wildman–Crippen MR) is 75.2 cm³/mol. The Labute approximate surface area is 105 Å². The molecule has 0 unspecified atom stereocenters. The summed E-state index contributed by atoms with van der Waals surface area (Å²) < 4.78 is 0. The van der Waals surface area contributed by atoms with Crippen molar-refractivity contribution in [3.63, 3.8) is 0 Å². The van der Waals surface area contributed by atoms with Crippen LogP contribution in [-0.4, -0.2) is 31.5 Å². The summed E-state index contributed by atoms with van der Waals surface area (Å²) >= 11 is 0. The minimum Gasteiger partial charge on any atom is -0.395 e. The summed E-state index contributed by atoms with van der Waals surface area (Å²) in [5.41, 5.74) is 1.78. The largest absolute Gasteiger partial charge is 0.395 e. The Hall–Kier alpha value is -0.643. The maximum atomic E-state index is 9.72. The van der Waals surface area contributed by atoms with Crippen molar-refractivity contribution in [2.75, 3.05) is 13.2 Å². The molecular formula is C14H24O2Si. The second-order valence-corrected chi connectivity index (χ2v) is 11.7. The highest BCUT2D eigenvalue weighted by Gasteiger charge is 2.35. The molecule has 0 saturated carbocycles. The van der Waals surface area contributed by atoms with Crippen molar-refractivity contribution in [2.45, 2.75) is 38.0 Å². The van der Waals surface area contributed by atoms with Crippen LogP contribution in [0.4, 0.5) is 0 Å². The van der Waals surface area contributed by atoms with Crippen LogP contribution in [0.1, 0.15) is 11.1 Å². The summed E-state index contributed by atoms with van der Waals surface area (Å²) in [5.74, 6) is 0. The van der Waals surface area contributed by atoms with Crippen molar-refractivity contribution in [1.29, 1.82) is 0 Å². The van der Waals surface area contributed by atoms with Gasteiger partial charge < -0.3 is 10.2 Å². The molecule has 1 aromatic carbocycles. The lowest BCUT2D eigenvalue weighted by atomic mass is 9.83. The number of aryl methyl sites for hydroxylation is 1. The number of rotatable bonds is 5. The third-order valence-electron chi connectivity index (χ3n) is 3.14. The first kappa shape index (κ1) is 14.4. The molecule has 0 aliphatic heterocycles. The smallest absolute Gasteiger partial charge is 0.0547 e. The number of aliphatic hydroxyl groups is 2. The number of hydrogen-bond donors (Lipinski definition) is 2. The Morgan fingerprint density at radius 3 is 1.82 bits per heavy atom. The van der Waals surface area contributed by atoms with E-state index >= 15 is 0 Å². The average Bonchev–Trinajstić information content (AvgIpc) is 2.26. The SMILES string of the molecule is Cc1ccc(C(CO)(CO)C[Si](C)(C)C)cc1. The lowest BCUT2D eigenvalue weighted by Gasteiger charge is -2.35. The summed E-state index contributed by atoms with van der Waals surface area (Å²) in [6, 6.07) is 9.04. The Morgan fingerprint density at radius 2 is 1.47 bits per heavy atom. The van der Waals surface area contributed by atoms with E-state index in [-0.39, 0.29) is 13.2 Å². The summed E-state index contributed by atoms with van der Waals surface area (Å²) in [6.45, 7) is 8.86. The first-order valence-electron chi connectivity index (χ1n) is 6.12. The summed E-state index contributed by atoms with van der Waals surface area (Å²) in [4.78, 5) is 0. The zero-order valence-electron chi connectivity index (χ0n) is 11.3. The average molecular weight is 252 g/mol. The molecule has 1 rings (SSSR count). The molecule has 1 aromatic rings. The van der Waals surface area contributed by atoms with Crippen LogP contribution in [0.25, 0.3) is 0 Å². The van der Waals surface area contributed by atoms with Gasteiger partial charge in [0.15, 0.2) is 0 Å². The molecule has 0 amide bonds. The van der Waals surface area contributed by atoms with E-state index < -0.39 is 13.5 Å². The monoisotopic (exact) mass is 252 g/mol. The fourth-order valence-corrected chi connectivity index (χ4v) is 4.83. The molecule has 0 fully saturated rings. The predicted octanol–water partition coefficient (Wildman–Crippen LogP) is 2.56. The molecule has 0 aliphatic carbocycles. The first-order chi connectivity index (χ1) is 7.83. The minimum absolute atomic E-state index is 0.0107. The van der Waals surface area contributed by atoms with E-state index in [4.69, 9.17) is 0 Å². The van der Waals surface area contributed by atoms with Crippen LogP contribution in [-0.2, 0) is 5.41 Å². The second kappa shape index (κ2) is 5.34. The van der Waals surface area contributed by atoms with Gasteiger partial charge in [-0.2, -0.15) is 0 Å². The molecule has 0 heterocycles. The number of aliphatic hydroxyl groups excluding tert-OH is 2. The molecule has 0 spiro atoms. The molecule has 0 radical (unpaired) electrons. The maximum Gasteiger partial charge on any atom is 0.0547 e. The molecule has 0 aliphatic rings. The van der Waals surface area contributed by atoms with E-state index in [2.05, 4.69) is 19.6 Å². The maximum absolute atomic E-state index is 9.72. The van der Waals surface area contributed by atoms with Crippen molar-refractivity contribution in [3.05, 3.63) is 35.4 Å². The van der Waals surface area contributed by atoms with Crippen LogP contribution in [0.5, 0.6) is 0 Å². The van der Waals surface area contributed by atoms with E-state index in [9.17, 15) is 10.2 Å². The number of hydrogen-bond acceptors (Lipinski definition) is 2. The second-order valence-electron chi connectivity index (χ2n) is 6.20. The zero-order chi connectivity index (χ0) is 13.1. The Kier molecular flexibility index (Phi) is 4.53. The van der Waals surface area contributed by atoms with E-state index in [0.717, 1.165) is 11.6 Å². The van der Waals surface area contributed by atoms with Gasteiger partial charge in [0.05, 0.1) is 13.2 Å². The van der Waals surface area contributed by atoms with Crippen molar-refractivity contribution < 1.29 is 10.2 Å². The van der Waals surface area contributed by atoms with Gasteiger partial charge in [-0.3, -0.25) is 0 Å². The van der Waals surface area contributed by atoms with Crippen LogP contribution in [0.3, 0.4) is 0 Å². The normalized spacial score (nSPS) is 12.8. The van der Waals surface area contributed by atoms with Gasteiger partial charge in [0.2, 0.25) is 0 Å². The van der Waals surface area contributed by atoms with E-state index in [1.807, 2.05) is 31.2 Å².